The summed E-state index contributed by atoms with van der Waals surface area (Å²) in [7, 11) is 0. The van der Waals surface area contributed by atoms with Crippen LogP contribution < -0.4 is 5.73 Å². The van der Waals surface area contributed by atoms with Gasteiger partial charge in [0.1, 0.15) is 0 Å². The lowest BCUT2D eigenvalue weighted by Gasteiger charge is -2.08. The van der Waals surface area contributed by atoms with Crippen molar-refractivity contribution in [3.8, 4) is 6.07 Å². The highest BCUT2D eigenvalue weighted by atomic mass is 14.6. The molecule has 2 N–H and O–H groups in total. The van der Waals surface area contributed by atoms with Gasteiger partial charge in [0.25, 0.3) is 0 Å². The summed E-state index contributed by atoms with van der Waals surface area (Å²) >= 11 is 0. The first-order chi connectivity index (χ1) is 11.3. The monoisotopic (exact) mass is 320 g/mol. The van der Waals surface area contributed by atoms with Gasteiger partial charge in [-0.25, -0.2) is 0 Å². The van der Waals surface area contributed by atoms with Gasteiger partial charge in [-0.1, -0.05) is 76.9 Å². The average Bonchev–Trinajstić information content (AvgIpc) is 2.56. The van der Waals surface area contributed by atoms with Crippen LogP contribution in [0, 0.1) is 11.3 Å². The smallest absolute Gasteiger partial charge is 0.0622 e. The molecule has 0 fully saturated rings. The summed E-state index contributed by atoms with van der Waals surface area (Å²) in [6, 6.07) is 2.40. The number of allylic oxidation sites excluding steroid dienone is 2. The van der Waals surface area contributed by atoms with E-state index in [0.717, 1.165) is 12.8 Å². The molecular formula is C21H40N2. The van der Waals surface area contributed by atoms with Gasteiger partial charge in [0.2, 0.25) is 0 Å². The molecule has 0 aromatic rings. The topological polar surface area (TPSA) is 49.8 Å². The molecule has 2 nitrogen and oxygen atoms in total. The van der Waals surface area contributed by atoms with Gasteiger partial charge in [-0.15, -0.1) is 0 Å². The summed E-state index contributed by atoms with van der Waals surface area (Å²) in [5.41, 5.74) is 5.95. The SMILES string of the molecule is CCCCCCCC/C=C\CCCCCCCC(N)CCC#N. The van der Waals surface area contributed by atoms with E-state index in [2.05, 4.69) is 25.1 Å². The Balaban J connectivity index is 3.15. The number of unbranched alkanes of at least 4 members (excludes halogenated alkanes) is 11. The van der Waals surface area contributed by atoms with Crippen molar-refractivity contribution < 1.29 is 0 Å². The molecule has 0 radical (unpaired) electrons. The molecule has 134 valence electrons. The molecule has 1 atom stereocenters. The van der Waals surface area contributed by atoms with Gasteiger partial charge in [0.05, 0.1) is 6.07 Å². The lowest BCUT2D eigenvalue weighted by molar-refractivity contribution is 0.518. The Labute approximate surface area is 145 Å². The van der Waals surface area contributed by atoms with Crippen molar-refractivity contribution >= 4 is 0 Å². The number of nitriles is 1. The highest BCUT2D eigenvalue weighted by Gasteiger charge is 2.01. The molecule has 1 unspecified atom stereocenters. The van der Waals surface area contributed by atoms with Gasteiger partial charge >= 0.3 is 0 Å². The van der Waals surface area contributed by atoms with Crippen LogP contribution in [0.5, 0.6) is 0 Å². The Morgan fingerprint density at radius 3 is 1.87 bits per heavy atom. The Kier molecular flexibility index (Phi) is 18.6. The minimum Gasteiger partial charge on any atom is -0.328 e. The van der Waals surface area contributed by atoms with Crippen LogP contribution in [0.2, 0.25) is 0 Å². The van der Waals surface area contributed by atoms with E-state index in [0.29, 0.717) is 6.42 Å². The predicted molar refractivity (Wildman–Crippen MR) is 102 cm³/mol. The molecule has 0 aliphatic carbocycles. The molecular weight excluding hydrogens is 280 g/mol. The summed E-state index contributed by atoms with van der Waals surface area (Å²) < 4.78 is 0. The van der Waals surface area contributed by atoms with Crippen LogP contribution >= 0.6 is 0 Å². The zero-order valence-electron chi connectivity index (χ0n) is 15.6. The minimum absolute atomic E-state index is 0.236. The highest BCUT2D eigenvalue weighted by Crippen LogP contribution is 2.11. The van der Waals surface area contributed by atoms with Crippen LogP contribution in [0.25, 0.3) is 0 Å². The first-order valence-electron chi connectivity index (χ1n) is 10.1. The Hall–Kier alpha value is -0.810. The molecule has 0 aromatic carbocycles. The van der Waals surface area contributed by atoms with E-state index in [-0.39, 0.29) is 6.04 Å². The first kappa shape index (κ1) is 22.2. The van der Waals surface area contributed by atoms with Crippen molar-refractivity contribution in [2.75, 3.05) is 0 Å². The molecule has 0 saturated carbocycles. The molecule has 23 heavy (non-hydrogen) atoms. The van der Waals surface area contributed by atoms with Gasteiger partial charge in [0.15, 0.2) is 0 Å². The van der Waals surface area contributed by atoms with Crippen LogP contribution in [0.1, 0.15) is 110 Å². The first-order valence-corrected chi connectivity index (χ1v) is 10.1. The van der Waals surface area contributed by atoms with Gasteiger partial charge in [-0.05, 0) is 38.5 Å². The van der Waals surface area contributed by atoms with Crippen molar-refractivity contribution in [3.63, 3.8) is 0 Å². The molecule has 0 heterocycles. The summed E-state index contributed by atoms with van der Waals surface area (Å²) in [6.07, 6.45) is 24.7. The number of nitrogens with zero attached hydrogens (tertiary/aromatic N) is 1. The van der Waals surface area contributed by atoms with Crippen molar-refractivity contribution in [3.05, 3.63) is 12.2 Å². The molecule has 2 heteroatoms. The molecule has 0 aliphatic heterocycles. The van der Waals surface area contributed by atoms with E-state index in [1.54, 1.807) is 0 Å². The van der Waals surface area contributed by atoms with Crippen LogP contribution in [0.3, 0.4) is 0 Å². The lowest BCUT2D eigenvalue weighted by Crippen LogP contribution is -2.19. The van der Waals surface area contributed by atoms with Gasteiger partial charge < -0.3 is 5.73 Å². The van der Waals surface area contributed by atoms with Crippen LogP contribution in [-0.4, -0.2) is 6.04 Å². The fraction of sp³-hybridized carbons (Fsp3) is 0.857. The fourth-order valence-electron chi connectivity index (χ4n) is 2.87. The molecule has 0 aliphatic rings. The highest BCUT2D eigenvalue weighted by molar-refractivity contribution is 4.81. The van der Waals surface area contributed by atoms with E-state index in [9.17, 15) is 0 Å². The standard InChI is InChI=1S/C21H40N2/c1-2-3-4-5-6-7-8-9-10-11-12-13-14-15-16-18-21(23)19-17-20-22/h9-10,21H,2-8,11-19,23H2,1H3/b10-9-. The third kappa shape index (κ3) is 19.1. The molecule has 0 bridgehead atoms. The van der Waals surface area contributed by atoms with Crippen LogP contribution in [0.4, 0.5) is 0 Å². The number of nitrogens with two attached hydrogens (primary N) is 1. The third-order valence-electron chi connectivity index (χ3n) is 4.46. The van der Waals surface area contributed by atoms with Crippen molar-refractivity contribution in [2.24, 2.45) is 5.73 Å². The molecule has 0 amide bonds. The van der Waals surface area contributed by atoms with Crippen LogP contribution in [0.15, 0.2) is 12.2 Å². The fourth-order valence-corrected chi connectivity index (χ4v) is 2.87. The maximum absolute atomic E-state index is 8.51. The Morgan fingerprint density at radius 2 is 1.30 bits per heavy atom. The molecule has 0 rings (SSSR count). The maximum atomic E-state index is 8.51. The maximum Gasteiger partial charge on any atom is 0.0622 e. The summed E-state index contributed by atoms with van der Waals surface area (Å²) in [4.78, 5) is 0. The number of hydrogen-bond acceptors (Lipinski definition) is 2. The second kappa shape index (κ2) is 19.2. The molecule has 0 spiro atoms. The number of hydrogen-bond donors (Lipinski definition) is 1. The summed E-state index contributed by atoms with van der Waals surface area (Å²) in [5, 5.41) is 8.51. The van der Waals surface area contributed by atoms with E-state index >= 15 is 0 Å². The van der Waals surface area contributed by atoms with Crippen molar-refractivity contribution in [2.45, 2.75) is 116 Å². The number of rotatable bonds is 17. The van der Waals surface area contributed by atoms with E-state index in [1.165, 1.54) is 83.5 Å². The second-order valence-corrected chi connectivity index (χ2v) is 6.83. The van der Waals surface area contributed by atoms with Crippen molar-refractivity contribution in [1.82, 2.24) is 0 Å². The van der Waals surface area contributed by atoms with Crippen LogP contribution in [-0.2, 0) is 0 Å². The van der Waals surface area contributed by atoms with E-state index in [1.807, 2.05) is 0 Å². The second-order valence-electron chi connectivity index (χ2n) is 6.83. The summed E-state index contributed by atoms with van der Waals surface area (Å²) in [5.74, 6) is 0. The zero-order chi connectivity index (χ0) is 17.0. The minimum atomic E-state index is 0.236. The molecule has 0 aromatic heterocycles. The van der Waals surface area contributed by atoms with Gasteiger partial charge in [-0.3, -0.25) is 0 Å². The lowest BCUT2D eigenvalue weighted by atomic mass is 10.0. The van der Waals surface area contributed by atoms with Crippen molar-refractivity contribution in [1.29, 1.82) is 5.26 Å². The Morgan fingerprint density at radius 1 is 0.783 bits per heavy atom. The normalized spacial score (nSPS) is 12.6. The largest absolute Gasteiger partial charge is 0.328 e. The zero-order valence-corrected chi connectivity index (χ0v) is 15.6. The quantitative estimate of drug-likeness (QED) is 0.241. The van der Waals surface area contributed by atoms with E-state index < -0.39 is 0 Å². The Bertz CT molecular complexity index is 291. The van der Waals surface area contributed by atoms with Gasteiger partial charge in [-0.2, -0.15) is 5.26 Å². The van der Waals surface area contributed by atoms with E-state index in [4.69, 9.17) is 11.0 Å². The molecule has 0 saturated heterocycles. The average molecular weight is 321 g/mol. The summed E-state index contributed by atoms with van der Waals surface area (Å²) in [6.45, 7) is 2.27. The predicted octanol–water partition coefficient (Wildman–Crippen LogP) is 6.65. The third-order valence-corrected chi connectivity index (χ3v) is 4.46. The van der Waals surface area contributed by atoms with Gasteiger partial charge in [0, 0.05) is 12.5 Å².